The van der Waals surface area contributed by atoms with Crippen molar-refractivity contribution in [1.82, 2.24) is 5.32 Å². The molecule has 0 aromatic heterocycles. The van der Waals surface area contributed by atoms with Gasteiger partial charge in [-0.25, -0.2) is 0 Å². The van der Waals surface area contributed by atoms with Crippen molar-refractivity contribution in [3.63, 3.8) is 0 Å². The number of amides is 1. The van der Waals surface area contributed by atoms with Crippen molar-refractivity contribution in [3.05, 3.63) is 23.2 Å². The molecule has 0 bridgehead atoms. The number of hydrogen-bond acceptors (Lipinski definition) is 3. The topological polar surface area (TPSA) is 50.4 Å². The summed E-state index contributed by atoms with van der Waals surface area (Å²) in [4.78, 5) is 11.9. The predicted octanol–water partition coefficient (Wildman–Crippen LogP) is 2.29. The Labute approximate surface area is 112 Å². The average molecular weight is 269 g/mol. The Morgan fingerprint density at radius 2 is 2.44 bits per heavy atom. The van der Waals surface area contributed by atoms with E-state index < -0.39 is 0 Å². The molecule has 2 rings (SSSR count). The maximum Gasteiger partial charge on any atom is 0.224 e. The molecule has 1 fully saturated rings. The van der Waals surface area contributed by atoms with Crippen LogP contribution in [0.5, 0.6) is 5.75 Å². The quantitative estimate of drug-likeness (QED) is 0.881. The van der Waals surface area contributed by atoms with Crippen molar-refractivity contribution >= 4 is 23.2 Å². The fourth-order valence-corrected chi connectivity index (χ4v) is 2.24. The van der Waals surface area contributed by atoms with Gasteiger partial charge in [-0.05, 0) is 37.6 Å². The third-order valence-corrected chi connectivity index (χ3v) is 3.41. The molecule has 1 heterocycles. The van der Waals surface area contributed by atoms with E-state index in [1.165, 1.54) is 0 Å². The van der Waals surface area contributed by atoms with Gasteiger partial charge in [-0.2, -0.15) is 0 Å². The van der Waals surface area contributed by atoms with Crippen LogP contribution in [0.2, 0.25) is 5.02 Å². The van der Waals surface area contributed by atoms with Crippen LogP contribution in [0.25, 0.3) is 0 Å². The molecule has 5 heteroatoms. The first-order chi connectivity index (χ1) is 8.69. The fraction of sp³-hybridized carbons (Fsp3) is 0.462. The van der Waals surface area contributed by atoms with E-state index in [0.717, 1.165) is 19.5 Å². The number of benzene rings is 1. The summed E-state index contributed by atoms with van der Waals surface area (Å²) in [5, 5.41) is 6.60. The molecule has 4 nitrogen and oxygen atoms in total. The first kappa shape index (κ1) is 13.2. The maximum absolute atomic E-state index is 11.9. The molecule has 1 aromatic carbocycles. The van der Waals surface area contributed by atoms with Gasteiger partial charge in [0.1, 0.15) is 5.75 Å². The molecule has 18 heavy (non-hydrogen) atoms. The molecule has 98 valence electrons. The minimum absolute atomic E-state index is 0.00106. The van der Waals surface area contributed by atoms with E-state index in [-0.39, 0.29) is 5.91 Å². The van der Waals surface area contributed by atoms with Crippen LogP contribution in [-0.4, -0.2) is 26.1 Å². The Morgan fingerprint density at radius 3 is 3.11 bits per heavy atom. The Hall–Kier alpha value is -1.26. The Bertz CT molecular complexity index is 431. The predicted molar refractivity (Wildman–Crippen MR) is 72.2 cm³/mol. The molecular formula is C13H17ClN2O2. The highest BCUT2D eigenvalue weighted by Gasteiger charge is 2.18. The number of anilines is 1. The fourth-order valence-electron chi connectivity index (χ4n) is 2.08. The van der Waals surface area contributed by atoms with Gasteiger partial charge >= 0.3 is 0 Å². The van der Waals surface area contributed by atoms with E-state index in [9.17, 15) is 4.79 Å². The average Bonchev–Trinajstić information content (AvgIpc) is 2.84. The minimum Gasteiger partial charge on any atom is -0.497 e. The standard InChI is InChI=1S/C13H17ClN2O2/c1-18-10-2-3-11(14)12(7-10)16-13(17)6-9-4-5-15-8-9/h2-3,7,9,15H,4-6,8H2,1H3,(H,16,17). The monoisotopic (exact) mass is 268 g/mol. The highest BCUT2D eigenvalue weighted by Crippen LogP contribution is 2.27. The summed E-state index contributed by atoms with van der Waals surface area (Å²) in [5.74, 6) is 1.10. The van der Waals surface area contributed by atoms with Gasteiger partial charge in [-0.1, -0.05) is 11.6 Å². The van der Waals surface area contributed by atoms with Crippen LogP contribution in [0.4, 0.5) is 5.69 Å². The summed E-state index contributed by atoms with van der Waals surface area (Å²) >= 11 is 6.03. The van der Waals surface area contributed by atoms with Crippen LogP contribution in [-0.2, 0) is 4.79 Å². The molecular weight excluding hydrogens is 252 g/mol. The molecule has 0 saturated carbocycles. The van der Waals surface area contributed by atoms with E-state index in [1.807, 2.05) is 0 Å². The van der Waals surface area contributed by atoms with Crippen LogP contribution in [0.15, 0.2) is 18.2 Å². The third kappa shape index (κ3) is 3.37. The lowest BCUT2D eigenvalue weighted by atomic mass is 10.0. The first-order valence-electron chi connectivity index (χ1n) is 6.03. The van der Waals surface area contributed by atoms with Crippen molar-refractivity contribution in [2.24, 2.45) is 5.92 Å². The maximum atomic E-state index is 11.9. The molecule has 0 aliphatic carbocycles. The SMILES string of the molecule is COc1ccc(Cl)c(NC(=O)CC2CCNC2)c1. The minimum atomic E-state index is -0.00106. The highest BCUT2D eigenvalue weighted by molar-refractivity contribution is 6.33. The van der Waals surface area contributed by atoms with Crippen molar-refractivity contribution in [2.45, 2.75) is 12.8 Å². The Morgan fingerprint density at radius 1 is 1.61 bits per heavy atom. The molecule has 1 saturated heterocycles. The lowest BCUT2D eigenvalue weighted by molar-refractivity contribution is -0.116. The molecule has 0 spiro atoms. The molecule has 1 aliphatic rings. The van der Waals surface area contributed by atoms with E-state index in [0.29, 0.717) is 28.8 Å². The van der Waals surface area contributed by atoms with Gasteiger partial charge in [0.2, 0.25) is 5.91 Å². The molecule has 0 radical (unpaired) electrons. The number of halogens is 1. The second-order valence-corrected chi connectivity index (χ2v) is 4.86. The first-order valence-corrected chi connectivity index (χ1v) is 6.41. The largest absolute Gasteiger partial charge is 0.497 e. The summed E-state index contributed by atoms with van der Waals surface area (Å²) in [5.41, 5.74) is 0.604. The third-order valence-electron chi connectivity index (χ3n) is 3.08. The Kier molecular flexibility index (Phi) is 4.44. The summed E-state index contributed by atoms with van der Waals surface area (Å²) in [6.07, 6.45) is 1.58. The molecule has 1 atom stereocenters. The second-order valence-electron chi connectivity index (χ2n) is 4.46. The van der Waals surface area contributed by atoms with Gasteiger partial charge < -0.3 is 15.4 Å². The summed E-state index contributed by atoms with van der Waals surface area (Å²) in [6, 6.07) is 5.21. The van der Waals surface area contributed by atoms with Crippen LogP contribution in [0, 0.1) is 5.92 Å². The van der Waals surface area contributed by atoms with Gasteiger partial charge in [-0.15, -0.1) is 0 Å². The zero-order valence-electron chi connectivity index (χ0n) is 10.3. The summed E-state index contributed by atoms with van der Waals surface area (Å²) in [6.45, 7) is 1.91. The Balaban J connectivity index is 1.97. The number of methoxy groups -OCH3 is 1. The van der Waals surface area contributed by atoms with E-state index in [4.69, 9.17) is 16.3 Å². The molecule has 1 amide bonds. The number of rotatable bonds is 4. The van der Waals surface area contributed by atoms with Gasteiger partial charge in [0.25, 0.3) is 0 Å². The van der Waals surface area contributed by atoms with Crippen molar-refractivity contribution < 1.29 is 9.53 Å². The second kappa shape index (κ2) is 6.07. The summed E-state index contributed by atoms with van der Waals surface area (Å²) < 4.78 is 5.10. The number of ether oxygens (including phenoxy) is 1. The van der Waals surface area contributed by atoms with Crippen molar-refractivity contribution in [2.75, 3.05) is 25.5 Å². The molecule has 1 unspecified atom stereocenters. The molecule has 1 aromatic rings. The smallest absolute Gasteiger partial charge is 0.224 e. The van der Waals surface area contributed by atoms with E-state index in [2.05, 4.69) is 10.6 Å². The lowest BCUT2D eigenvalue weighted by Gasteiger charge is -2.11. The highest BCUT2D eigenvalue weighted by atomic mass is 35.5. The van der Waals surface area contributed by atoms with Gasteiger partial charge in [0, 0.05) is 12.5 Å². The van der Waals surface area contributed by atoms with Gasteiger partial charge in [0.15, 0.2) is 0 Å². The van der Waals surface area contributed by atoms with Crippen LogP contribution >= 0.6 is 11.6 Å². The lowest BCUT2D eigenvalue weighted by Crippen LogP contribution is -2.18. The van der Waals surface area contributed by atoms with Gasteiger partial charge in [-0.3, -0.25) is 4.79 Å². The van der Waals surface area contributed by atoms with Crippen LogP contribution < -0.4 is 15.4 Å². The van der Waals surface area contributed by atoms with E-state index in [1.54, 1.807) is 25.3 Å². The zero-order valence-corrected chi connectivity index (χ0v) is 11.1. The van der Waals surface area contributed by atoms with Crippen molar-refractivity contribution in [1.29, 1.82) is 0 Å². The van der Waals surface area contributed by atoms with Crippen molar-refractivity contribution in [3.8, 4) is 5.75 Å². The number of carbonyl (C=O) groups excluding carboxylic acids is 1. The zero-order chi connectivity index (χ0) is 13.0. The van der Waals surface area contributed by atoms with Crippen LogP contribution in [0.3, 0.4) is 0 Å². The summed E-state index contributed by atoms with van der Waals surface area (Å²) in [7, 11) is 1.58. The number of hydrogen-bond donors (Lipinski definition) is 2. The molecule has 2 N–H and O–H groups in total. The van der Waals surface area contributed by atoms with Crippen LogP contribution in [0.1, 0.15) is 12.8 Å². The molecule has 1 aliphatic heterocycles. The van der Waals surface area contributed by atoms with E-state index >= 15 is 0 Å². The number of carbonyl (C=O) groups is 1. The number of nitrogens with one attached hydrogen (secondary N) is 2. The normalized spacial score (nSPS) is 18.7. The van der Waals surface area contributed by atoms with Gasteiger partial charge in [0.05, 0.1) is 17.8 Å².